The highest BCUT2D eigenvalue weighted by Gasteiger charge is 2.20. The quantitative estimate of drug-likeness (QED) is 0.459. The molecule has 23 heavy (non-hydrogen) atoms. The molecule has 0 fully saturated rings. The Balaban J connectivity index is 2.44. The normalized spacial score (nSPS) is 10.8. The molecule has 0 aliphatic heterocycles. The van der Waals surface area contributed by atoms with Gasteiger partial charge in [-0.2, -0.15) is 0 Å². The van der Waals surface area contributed by atoms with Crippen LogP contribution >= 0.6 is 11.3 Å². The van der Waals surface area contributed by atoms with Crippen LogP contribution < -0.4 is 0 Å². The van der Waals surface area contributed by atoms with Gasteiger partial charge in [-0.05, 0) is 44.3 Å². The van der Waals surface area contributed by atoms with E-state index in [2.05, 4.69) is 0 Å². The minimum Gasteiger partial charge on any atom is -0.462 e. The molecule has 1 aromatic carbocycles. The highest BCUT2D eigenvalue weighted by molar-refractivity contribution is 7.14. The fourth-order valence-electron chi connectivity index (χ4n) is 2.21. The van der Waals surface area contributed by atoms with Gasteiger partial charge in [0.05, 0.1) is 17.1 Å². The summed E-state index contributed by atoms with van der Waals surface area (Å²) in [6.07, 6.45) is 0. The molecule has 0 N–H and O–H groups in total. The molecular weight excluding hydrogens is 316 g/mol. The molecular formula is C16H18N2O4S. The number of esters is 1. The van der Waals surface area contributed by atoms with Crippen LogP contribution in [0.25, 0.3) is 10.4 Å². The number of hydrogen-bond acceptors (Lipinski definition) is 6. The van der Waals surface area contributed by atoms with E-state index >= 15 is 0 Å². The van der Waals surface area contributed by atoms with E-state index < -0.39 is 4.92 Å². The number of ether oxygens (including phenoxy) is 1. The third kappa shape index (κ3) is 3.94. The summed E-state index contributed by atoms with van der Waals surface area (Å²) in [6, 6.07) is 6.35. The van der Waals surface area contributed by atoms with Crippen molar-refractivity contribution < 1.29 is 14.5 Å². The van der Waals surface area contributed by atoms with Crippen molar-refractivity contribution in [1.29, 1.82) is 0 Å². The Hall–Kier alpha value is -2.25. The van der Waals surface area contributed by atoms with Crippen molar-refractivity contribution in [2.45, 2.75) is 13.5 Å². The summed E-state index contributed by atoms with van der Waals surface area (Å²) < 4.78 is 5.11. The number of carbonyl (C=O) groups excluding carboxylic acids is 1. The number of carbonyl (C=O) groups is 1. The number of benzene rings is 1. The number of thiophene rings is 1. The molecule has 1 heterocycles. The molecule has 0 radical (unpaired) electrons. The molecule has 0 atom stereocenters. The Bertz CT molecular complexity index is 707. The summed E-state index contributed by atoms with van der Waals surface area (Å²) in [5.41, 5.74) is 2.34. The summed E-state index contributed by atoms with van der Waals surface area (Å²) >= 11 is 1.44. The maximum Gasteiger partial charge on any atom is 0.339 e. The van der Waals surface area contributed by atoms with Crippen LogP contribution in [0.3, 0.4) is 0 Å². The maximum absolute atomic E-state index is 12.1. The van der Waals surface area contributed by atoms with Crippen LogP contribution in [-0.2, 0) is 11.3 Å². The third-order valence-electron chi connectivity index (χ3n) is 3.20. The second-order valence-electron chi connectivity index (χ2n) is 5.22. The van der Waals surface area contributed by atoms with Crippen molar-refractivity contribution in [3.05, 3.63) is 50.9 Å². The highest BCUT2D eigenvalue weighted by atomic mass is 32.1. The average molecular weight is 334 g/mol. The van der Waals surface area contributed by atoms with Gasteiger partial charge < -0.3 is 9.64 Å². The number of non-ortho nitro benzene ring substituents is 1. The number of rotatable bonds is 6. The first-order chi connectivity index (χ1) is 10.9. The van der Waals surface area contributed by atoms with Gasteiger partial charge in [0.1, 0.15) is 0 Å². The molecule has 2 rings (SSSR count). The molecule has 0 unspecified atom stereocenters. The van der Waals surface area contributed by atoms with Crippen LogP contribution in [0.15, 0.2) is 29.6 Å². The van der Waals surface area contributed by atoms with E-state index in [-0.39, 0.29) is 11.7 Å². The van der Waals surface area contributed by atoms with E-state index in [0.29, 0.717) is 18.7 Å². The van der Waals surface area contributed by atoms with Crippen LogP contribution in [0.4, 0.5) is 5.69 Å². The van der Waals surface area contributed by atoms with E-state index in [4.69, 9.17) is 4.74 Å². The minimum atomic E-state index is -0.428. The van der Waals surface area contributed by atoms with Crippen LogP contribution in [0.2, 0.25) is 0 Å². The first-order valence-electron chi connectivity index (χ1n) is 7.11. The zero-order chi connectivity index (χ0) is 17.0. The first-order valence-corrected chi connectivity index (χ1v) is 7.99. The van der Waals surface area contributed by atoms with Crippen LogP contribution in [0.5, 0.6) is 0 Å². The topological polar surface area (TPSA) is 72.7 Å². The van der Waals surface area contributed by atoms with E-state index in [0.717, 1.165) is 16.0 Å². The lowest BCUT2D eigenvalue weighted by Crippen LogP contribution is -2.14. The van der Waals surface area contributed by atoms with Gasteiger partial charge in [0.15, 0.2) is 0 Å². The van der Waals surface area contributed by atoms with E-state index in [9.17, 15) is 14.9 Å². The van der Waals surface area contributed by atoms with E-state index in [1.807, 2.05) is 19.0 Å². The van der Waals surface area contributed by atoms with Gasteiger partial charge in [-0.3, -0.25) is 10.1 Å². The molecule has 0 bridgehead atoms. The monoisotopic (exact) mass is 334 g/mol. The van der Waals surface area contributed by atoms with Gasteiger partial charge in [-0.1, -0.05) is 0 Å². The summed E-state index contributed by atoms with van der Waals surface area (Å²) in [4.78, 5) is 25.4. The lowest BCUT2D eigenvalue weighted by Gasteiger charge is -2.13. The molecule has 0 aliphatic carbocycles. The minimum absolute atomic E-state index is 0.0464. The average Bonchev–Trinajstić information content (AvgIpc) is 2.90. The van der Waals surface area contributed by atoms with Crippen LogP contribution in [0.1, 0.15) is 22.8 Å². The zero-order valence-corrected chi connectivity index (χ0v) is 14.1. The van der Waals surface area contributed by atoms with Gasteiger partial charge in [0.25, 0.3) is 5.69 Å². The summed E-state index contributed by atoms with van der Waals surface area (Å²) in [5, 5.41) is 12.6. The van der Waals surface area contributed by atoms with E-state index in [1.165, 1.54) is 23.5 Å². The van der Waals surface area contributed by atoms with Gasteiger partial charge >= 0.3 is 5.97 Å². The van der Waals surface area contributed by atoms with Gasteiger partial charge in [-0.25, -0.2) is 4.79 Å². The van der Waals surface area contributed by atoms with E-state index in [1.54, 1.807) is 24.4 Å². The Morgan fingerprint density at radius 2 is 1.96 bits per heavy atom. The molecule has 122 valence electrons. The Labute approximate surface area is 138 Å². The molecule has 6 nitrogen and oxygen atoms in total. The fourth-order valence-corrected chi connectivity index (χ4v) is 3.28. The lowest BCUT2D eigenvalue weighted by molar-refractivity contribution is -0.384. The van der Waals surface area contributed by atoms with Crippen molar-refractivity contribution in [2.24, 2.45) is 0 Å². The third-order valence-corrected chi connectivity index (χ3v) is 4.28. The molecule has 2 aromatic rings. The number of nitro benzene ring substituents is 1. The van der Waals surface area contributed by atoms with Crippen LogP contribution in [0, 0.1) is 10.1 Å². The smallest absolute Gasteiger partial charge is 0.339 e. The molecule has 0 amide bonds. The molecule has 7 heteroatoms. The number of nitro groups is 1. The number of nitrogens with zero attached hydrogens (tertiary/aromatic N) is 2. The molecule has 0 spiro atoms. The Kier molecular flexibility index (Phi) is 5.46. The first kappa shape index (κ1) is 17.1. The molecule has 0 saturated heterocycles. The van der Waals surface area contributed by atoms with Gasteiger partial charge in [0, 0.05) is 28.9 Å². The molecule has 1 aromatic heterocycles. The Morgan fingerprint density at radius 3 is 2.48 bits per heavy atom. The highest BCUT2D eigenvalue weighted by Crippen LogP contribution is 2.35. The summed E-state index contributed by atoms with van der Waals surface area (Å²) in [7, 11) is 3.85. The maximum atomic E-state index is 12.1. The standard InChI is InChI=1S/C16H18N2O4S/c1-4-22-16(19)14-10-23-15(13(14)9-17(2)3)11-5-7-12(8-6-11)18(20)21/h5-8,10H,4,9H2,1-3H3. The SMILES string of the molecule is CCOC(=O)c1csc(-c2ccc([N+](=O)[O-])cc2)c1CN(C)C. The van der Waals surface area contributed by atoms with Crippen molar-refractivity contribution in [3.8, 4) is 10.4 Å². The van der Waals surface area contributed by atoms with Crippen molar-refractivity contribution in [2.75, 3.05) is 20.7 Å². The van der Waals surface area contributed by atoms with Gasteiger partial charge in [0.2, 0.25) is 0 Å². The number of hydrogen-bond donors (Lipinski definition) is 0. The molecule has 0 aliphatic rings. The van der Waals surface area contributed by atoms with Gasteiger partial charge in [-0.15, -0.1) is 11.3 Å². The molecule has 0 saturated carbocycles. The van der Waals surface area contributed by atoms with Crippen molar-refractivity contribution in [3.63, 3.8) is 0 Å². The fraction of sp³-hybridized carbons (Fsp3) is 0.312. The summed E-state index contributed by atoms with van der Waals surface area (Å²) in [6.45, 7) is 2.68. The second kappa shape index (κ2) is 7.34. The largest absolute Gasteiger partial charge is 0.462 e. The predicted molar refractivity (Wildman–Crippen MR) is 89.8 cm³/mol. The van der Waals surface area contributed by atoms with Crippen molar-refractivity contribution >= 4 is 23.0 Å². The summed E-state index contributed by atoms with van der Waals surface area (Å²) in [5.74, 6) is -0.339. The Morgan fingerprint density at radius 1 is 1.30 bits per heavy atom. The lowest BCUT2D eigenvalue weighted by atomic mass is 10.1. The van der Waals surface area contributed by atoms with Crippen molar-refractivity contribution in [1.82, 2.24) is 4.90 Å². The predicted octanol–water partition coefficient (Wildman–Crippen LogP) is 3.56. The zero-order valence-electron chi connectivity index (χ0n) is 13.2. The second-order valence-corrected chi connectivity index (χ2v) is 6.10. The van der Waals surface area contributed by atoms with Crippen LogP contribution in [-0.4, -0.2) is 36.5 Å².